The summed E-state index contributed by atoms with van der Waals surface area (Å²) in [7, 11) is 0. The quantitative estimate of drug-likeness (QED) is 0.677. The van der Waals surface area contributed by atoms with E-state index in [1.807, 2.05) is 11.3 Å². The number of ether oxygens (including phenoxy) is 1. The smallest absolute Gasteiger partial charge is 0.0615 e. The fourth-order valence-electron chi connectivity index (χ4n) is 2.25. The molecule has 0 radical (unpaired) electrons. The largest absolute Gasteiger partial charge is 0.378 e. The Morgan fingerprint density at radius 3 is 2.94 bits per heavy atom. The summed E-state index contributed by atoms with van der Waals surface area (Å²) in [6.07, 6.45) is 2.70. The number of rotatable bonds is 3. The van der Waals surface area contributed by atoms with Gasteiger partial charge in [-0.25, -0.2) is 0 Å². The van der Waals surface area contributed by atoms with Gasteiger partial charge in [0.1, 0.15) is 0 Å². The second-order valence-corrected chi connectivity index (χ2v) is 7.35. The van der Waals surface area contributed by atoms with Crippen molar-refractivity contribution in [2.24, 2.45) is 5.92 Å². The maximum Gasteiger partial charge on any atom is 0.0615 e. The van der Waals surface area contributed by atoms with Crippen LogP contribution < -0.4 is 0 Å². The van der Waals surface area contributed by atoms with Crippen LogP contribution in [0.25, 0.3) is 0 Å². The van der Waals surface area contributed by atoms with Crippen LogP contribution in [-0.4, -0.2) is 12.7 Å². The summed E-state index contributed by atoms with van der Waals surface area (Å²) in [4.78, 5) is 3.21. The number of thiophene rings is 1. The Morgan fingerprint density at radius 2 is 2.38 bits per heavy atom. The van der Waals surface area contributed by atoms with Crippen LogP contribution >= 0.6 is 43.2 Å². The van der Waals surface area contributed by atoms with E-state index >= 15 is 0 Å². The maximum atomic E-state index is 5.76. The topological polar surface area (TPSA) is 9.23 Å². The highest BCUT2D eigenvalue weighted by molar-refractivity contribution is 9.10. The minimum absolute atomic E-state index is 0.422. The van der Waals surface area contributed by atoms with Gasteiger partial charge in [0, 0.05) is 26.8 Å². The van der Waals surface area contributed by atoms with Crippen LogP contribution in [0.5, 0.6) is 0 Å². The first-order valence-corrected chi connectivity index (χ1v) is 8.17. The third-order valence-electron chi connectivity index (χ3n) is 3.19. The van der Waals surface area contributed by atoms with E-state index in [9.17, 15) is 0 Å². The first-order valence-electron chi connectivity index (χ1n) is 5.65. The molecule has 2 rings (SSSR count). The third-order valence-corrected chi connectivity index (χ3v) is 6.88. The summed E-state index contributed by atoms with van der Waals surface area (Å²) < 4.78 is 6.98. The second-order valence-electron chi connectivity index (χ2n) is 4.22. The van der Waals surface area contributed by atoms with E-state index in [1.54, 1.807) is 0 Å². The lowest BCUT2D eigenvalue weighted by Gasteiger charge is -2.21. The number of hydrogen-bond donors (Lipinski definition) is 0. The lowest BCUT2D eigenvalue weighted by Crippen LogP contribution is -2.18. The molecular formula is C12H16Br2OS. The summed E-state index contributed by atoms with van der Waals surface area (Å²) in [5.41, 5.74) is 0. The number of aryl methyl sites for hydroxylation is 1. The van der Waals surface area contributed by atoms with Gasteiger partial charge in [0.15, 0.2) is 0 Å². The van der Waals surface area contributed by atoms with Crippen LogP contribution in [0.2, 0.25) is 0 Å². The van der Waals surface area contributed by atoms with Crippen LogP contribution in [0.1, 0.15) is 34.3 Å². The summed E-state index contributed by atoms with van der Waals surface area (Å²) in [6, 6.07) is 2.24. The Morgan fingerprint density at radius 1 is 1.62 bits per heavy atom. The lowest BCUT2D eigenvalue weighted by molar-refractivity contribution is 0.0874. The van der Waals surface area contributed by atoms with Gasteiger partial charge in [-0.05, 0) is 41.8 Å². The zero-order chi connectivity index (χ0) is 11.7. The van der Waals surface area contributed by atoms with Gasteiger partial charge in [-0.2, -0.15) is 0 Å². The van der Waals surface area contributed by atoms with Gasteiger partial charge >= 0.3 is 0 Å². The molecule has 1 aromatic heterocycles. The Bertz CT molecular complexity index is 344. The van der Waals surface area contributed by atoms with Crippen molar-refractivity contribution < 1.29 is 4.74 Å². The molecule has 0 bridgehead atoms. The molecule has 90 valence electrons. The van der Waals surface area contributed by atoms with Crippen molar-refractivity contribution in [1.82, 2.24) is 0 Å². The minimum atomic E-state index is 0.422. The van der Waals surface area contributed by atoms with Gasteiger partial charge in [0.2, 0.25) is 0 Å². The van der Waals surface area contributed by atoms with E-state index in [-0.39, 0.29) is 0 Å². The van der Waals surface area contributed by atoms with Crippen molar-refractivity contribution in [1.29, 1.82) is 0 Å². The van der Waals surface area contributed by atoms with E-state index in [4.69, 9.17) is 4.74 Å². The molecule has 1 aliphatic heterocycles. The average molecular weight is 368 g/mol. The van der Waals surface area contributed by atoms with E-state index in [0.717, 1.165) is 13.0 Å². The zero-order valence-electron chi connectivity index (χ0n) is 9.50. The van der Waals surface area contributed by atoms with E-state index in [0.29, 0.717) is 16.8 Å². The van der Waals surface area contributed by atoms with E-state index in [2.05, 4.69) is 51.8 Å². The molecule has 0 amide bonds. The number of hydrogen-bond acceptors (Lipinski definition) is 2. The predicted molar refractivity (Wildman–Crippen MR) is 76.6 cm³/mol. The van der Waals surface area contributed by atoms with Crippen molar-refractivity contribution >= 4 is 43.2 Å². The molecule has 1 fully saturated rings. The molecule has 1 saturated heterocycles. The van der Waals surface area contributed by atoms with E-state index < -0.39 is 0 Å². The molecule has 1 aliphatic rings. The van der Waals surface area contributed by atoms with Gasteiger partial charge < -0.3 is 4.74 Å². The summed E-state index contributed by atoms with van der Waals surface area (Å²) in [6.45, 7) is 5.27. The Hall–Kier alpha value is 0.620. The predicted octanol–water partition coefficient (Wildman–Crippen LogP) is 5.07. The lowest BCUT2D eigenvalue weighted by atomic mass is 9.95. The standard InChI is InChI=1S/C12H16Br2OS/c1-3-10-8(4-5-15-10)12(14)11-6-9(13)7(2)16-11/h6,8,10,12H,3-5H2,1-2H3. The fourth-order valence-corrected chi connectivity index (χ4v) is 4.88. The Labute approximate surface area is 118 Å². The monoisotopic (exact) mass is 366 g/mol. The van der Waals surface area contributed by atoms with Crippen molar-refractivity contribution in [2.45, 2.75) is 37.6 Å². The molecule has 0 aromatic carbocycles. The fraction of sp³-hybridized carbons (Fsp3) is 0.667. The highest BCUT2D eigenvalue weighted by atomic mass is 79.9. The summed E-state index contributed by atoms with van der Waals surface area (Å²) in [5.74, 6) is 0.620. The number of alkyl halides is 1. The molecule has 0 saturated carbocycles. The zero-order valence-corrected chi connectivity index (χ0v) is 13.5. The molecule has 3 unspecified atom stereocenters. The molecular weight excluding hydrogens is 352 g/mol. The molecule has 0 spiro atoms. The highest BCUT2D eigenvalue weighted by Gasteiger charge is 2.33. The van der Waals surface area contributed by atoms with Gasteiger partial charge in [-0.3, -0.25) is 0 Å². The van der Waals surface area contributed by atoms with E-state index in [1.165, 1.54) is 20.6 Å². The molecule has 1 aromatic rings. The summed E-state index contributed by atoms with van der Waals surface area (Å²) in [5, 5.41) is 0. The van der Waals surface area contributed by atoms with Gasteiger partial charge in [0.25, 0.3) is 0 Å². The first-order chi connectivity index (χ1) is 7.63. The van der Waals surface area contributed by atoms with Crippen molar-refractivity contribution in [3.63, 3.8) is 0 Å². The molecule has 16 heavy (non-hydrogen) atoms. The number of halogens is 2. The third kappa shape index (κ3) is 2.55. The van der Waals surface area contributed by atoms with Crippen LogP contribution in [-0.2, 0) is 4.74 Å². The Kier molecular flexibility index (Phi) is 4.50. The SMILES string of the molecule is CCC1OCCC1C(Br)c1cc(Br)c(C)s1. The molecule has 2 heterocycles. The van der Waals surface area contributed by atoms with Crippen molar-refractivity contribution in [3.8, 4) is 0 Å². The van der Waals surface area contributed by atoms with Gasteiger partial charge in [-0.15, -0.1) is 11.3 Å². The molecule has 0 N–H and O–H groups in total. The minimum Gasteiger partial charge on any atom is -0.378 e. The van der Waals surface area contributed by atoms with Gasteiger partial charge in [0.05, 0.1) is 10.9 Å². The average Bonchev–Trinajstić information content (AvgIpc) is 2.85. The second kappa shape index (κ2) is 5.51. The van der Waals surface area contributed by atoms with Crippen LogP contribution in [0, 0.1) is 12.8 Å². The first kappa shape index (κ1) is 13.1. The van der Waals surface area contributed by atoms with Crippen LogP contribution in [0.4, 0.5) is 0 Å². The molecule has 1 nitrogen and oxygen atoms in total. The summed E-state index contributed by atoms with van der Waals surface area (Å²) >= 11 is 9.31. The van der Waals surface area contributed by atoms with Crippen molar-refractivity contribution in [3.05, 3.63) is 20.3 Å². The van der Waals surface area contributed by atoms with Crippen LogP contribution in [0.15, 0.2) is 10.5 Å². The maximum absolute atomic E-state index is 5.76. The van der Waals surface area contributed by atoms with Crippen molar-refractivity contribution in [2.75, 3.05) is 6.61 Å². The highest BCUT2D eigenvalue weighted by Crippen LogP contribution is 2.44. The molecule has 3 atom stereocenters. The Balaban J connectivity index is 2.14. The van der Waals surface area contributed by atoms with Crippen LogP contribution in [0.3, 0.4) is 0 Å². The molecule has 4 heteroatoms. The van der Waals surface area contributed by atoms with Gasteiger partial charge in [-0.1, -0.05) is 22.9 Å². The molecule has 0 aliphatic carbocycles. The normalized spacial score (nSPS) is 27.2.